The molecule has 0 unspecified atom stereocenters. The minimum absolute atomic E-state index is 0.0291. The Morgan fingerprint density at radius 1 is 1.06 bits per heavy atom. The molecule has 1 N–H and O–H groups in total. The number of nitrogens with one attached hydrogen (secondary N) is 1. The van der Waals surface area contributed by atoms with E-state index in [1.165, 1.54) is 14.2 Å². The molecule has 1 aliphatic heterocycles. The molecule has 1 aliphatic rings. The van der Waals surface area contributed by atoms with Gasteiger partial charge in [0.2, 0.25) is 11.8 Å². The third-order valence-electron chi connectivity index (χ3n) is 5.39. The van der Waals surface area contributed by atoms with Gasteiger partial charge in [-0.2, -0.15) is 4.98 Å². The number of hydrogen-bond donors (Lipinski definition) is 1. The lowest BCUT2D eigenvalue weighted by Gasteiger charge is -2.13. The van der Waals surface area contributed by atoms with Crippen molar-refractivity contribution in [3.63, 3.8) is 0 Å². The van der Waals surface area contributed by atoms with E-state index in [0.29, 0.717) is 30.0 Å². The lowest BCUT2D eigenvalue weighted by atomic mass is 9.95. The van der Waals surface area contributed by atoms with Crippen molar-refractivity contribution in [3.05, 3.63) is 71.3 Å². The van der Waals surface area contributed by atoms with E-state index in [1.807, 2.05) is 36.4 Å². The number of rotatable bonds is 7. The van der Waals surface area contributed by atoms with Gasteiger partial charge in [0.1, 0.15) is 17.4 Å². The second-order valence-corrected chi connectivity index (χ2v) is 7.49. The molecule has 4 rings (SSSR count). The number of methoxy groups -OCH3 is 2. The van der Waals surface area contributed by atoms with Crippen LogP contribution in [0.15, 0.2) is 54.6 Å². The van der Waals surface area contributed by atoms with E-state index in [4.69, 9.17) is 14.2 Å². The molecule has 0 saturated carbocycles. The summed E-state index contributed by atoms with van der Waals surface area (Å²) in [4.78, 5) is 28.8. The largest absolute Gasteiger partial charge is 0.488 e. The summed E-state index contributed by atoms with van der Waals surface area (Å²) in [5.74, 6) is 1.09. The standard InChI is InChI=1S/C25H24N2O5/c1-15(28)19-6-4-5-7-20(19)16-8-10-22-17(12-16)13-18(32-22)14-26-24(29)21-9-11-23(30-2)27-25(21)31-3/h4-12,18H,13-14H2,1-3H3,(H,26,29)/t18-/m1/s1. The molecule has 2 heterocycles. The Balaban J connectivity index is 1.44. The van der Waals surface area contributed by atoms with Gasteiger partial charge in [-0.1, -0.05) is 30.3 Å². The van der Waals surface area contributed by atoms with Gasteiger partial charge in [0, 0.05) is 18.1 Å². The van der Waals surface area contributed by atoms with E-state index in [0.717, 1.165) is 22.4 Å². The molecule has 7 nitrogen and oxygen atoms in total. The van der Waals surface area contributed by atoms with Gasteiger partial charge in [-0.05, 0) is 41.8 Å². The molecule has 7 heteroatoms. The number of fused-ring (bicyclic) bond motifs is 1. The molecule has 1 amide bonds. The topological polar surface area (TPSA) is 86.8 Å². The van der Waals surface area contributed by atoms with Crippen LogP contribution < -0.4 is 19.5 Å². The average molecular weight is 432 g/mol. The molecular formula is C25H24N2O5. The molecule has 1 atom stereocenters. The van der Waals surface area contributed by atoms with Gasteiger partial charge in [-0.3, -0.25) is 9.59 Å². The lowest BCUT2D eigenvalue weighted by molar-refractivity contribution is 0.0929. The van der Waals surface area contributed by atoms with E-state index in [2.05, 4.69) is 16.4 Å². The summed E-state index contributed by atoms with van der Waals surface area (Å²) < 4.78 is 16.3. The summed E-state index contributed by atoms with van der Waals surface area (Å²) in [5, 5.41) is 2.89. The van der Waals surface area contributed by atoms with Crippen LogP contribution in [0.4, 0.5) is 0 Å². The maximum atomic E-state index is 12.6. The summed E-state index contributed by atoms with van der Waals surface area (Å²) in [6, 6.07) is 16.7. The monoisotopic (exact) mass is 432 g/mol. The highest BCUT2D eigenvalue weighted by Gasteiger charge is 2.25. The van der Waals surface area contributed by atoms with E-state index < -0.39 is 0 Å². The molecule has 2 aromatic carbocycles. The second kappa shape index (κ2) is 9.09. The highest BCUT2D eigenvalue weighted by molar-refractivity contribution is 6.01. The summed E-state index contributed by atoms with van der Waals surface area (Å²) in [6.07, 6.45) is 0.466. The minimum atomic E-state index is -0.298. The Morgan fingerprint density at radius 3 is 2.62 bits per heavy atom. The first kappa shape index (κ1) is 21.4. The number of amides is 1. The molecule has 0 bridgehead atoms. The van der Waals surface area contributed by atoms with Crippen LogP contribution in [-0.2, 0) is 6.42 Å². The van der Waals surface area contributed by atoms with Crippen molar-refractivity contribution in [1.29, 1.82) is 0 Å². The first-order valence-corrected chi connectivity index (χ1v) is 10.3. The predicted molar refractivity (Wildman–Crippen MR) is 120 cm³/mol. The molecule has 3 aromatic rings. The maximum Gasteiger partial charge on any atom is 0.256 e. The van der Waals surface area contributed by atoms with Crippen LogP contribution in [0.25, 0.3) is 11.1 Å². The van der Waals surface area contributed by atoms with Crippen LogP contribution in [-0.4, -0.2) is 43.5 Å². The number of carbonyl (C=O) groups is 2. The van der Waals surface area contributed by atoms with Crippen LogP contribution in [0.2, 0.25) is 0 Å². The van der Waals surface area contributed by atoms with Gasteiger partial charge in [0.25, 0.3) is 5.91 Å². The number of carbonyl (C=O) groups excluding carboxylic acids is 2. The van der Waals surface area contributed by atoms with Crippen LogP contribution >= 0.6 is 0 Å². The van der Waals surface area contributed by atoms with Crippen molar-refractivity contribution in [2.75, 3.05) is 20.8 Å². The highest BCUT2D eigenvalue weighted by Crippen LogP contribution is 2.34. The molecule has 0 aliphatic carbocycles. The van der Waals surface area contributed by atoms with Crippen molar-refractivity contribution in [2.24, 2.45) is 0 Å². The van der Waals surface area contributed by atoms with Crippen molar-refractivity contribution in [1.82, 2.24) is 10.3 Å². The van der Waals surface area contributed by atoms with E-state index in [-0.39, 0.29) is 23.7 Å². The Labute approximate surface area is 186 Å². The molecular weight excluding hydrogens is 408 g/mol. The first-order chi connectivity index (χ1) is 15.5. The summed E-state index contributed by atoms with van der Waals surface area (Å²) in [7, 11) is 2.96. The zero-order chi connectivity index (χ0) is 22.7. The fourth-order valence-corrected chi connectivity index (χ4v) is 3.81. The van der Waals surface area contributed by atoms with Gasteiger partial charge in [-0.15, -0.1) is 0 Å². The average Bonchev–Trinajstić information content (AvgIpc) is 3.24. The maximum absolute atomic E-state index is 12.6. The molecule has 164 valence electrons. The van der Waals surface area contributed by atoms with Gasteiger partial charge in [0.15, 0.2) is 5.78 Å². The minimum Gasteiger partial charge on any atom is -0.488 e. The van der Waals surface area contributed by atoms with E-state index in [9.17, 15) is 9.59 Å². The fraction of sp³-hybridized carbons (Fsp3) is 0.240. The Morgan fingerprint density at radius 2 is 1.88 bits per heavy atom. The normalized spacial score (nSPS) is 14.3. The predicted octanol–water partition coefficient (Wildman–Crippen LogP) is 3.70. The van der Waals surface area contributed by atoms with Crippen molar-refractivity contribution >= 4 is 11.7 Å². The zero-order valence-electron chi connectivity index (χ0n) is 18.2. The third-order valence-corrected chi connectivity index (χ3v) is 5.39. The number of ether oxygens (including phenoxy) is 3. The molecule has 0 spiro atoms. The van der Waals surface area contributed by atoms with Crippen LogP contribution in [0, 0.1) is 0 Å². The third kappa shape index (κ3) is 4.27. The highest BCUT2D eigenvalue weighted by atomic mass is 16.5. The van der Waals surface area contributed by atoms with Crippen LogP contribution in [0.3, 0.4) is 0 Å². The molecule has 32 heavy (non-hydrogen) atoms. The first-order valence-electron chi connectivity index (χ1n) is 10.3. The smallest absolute Gasteiger partial charge is 0.256 e. The lowest BCUT2D eigenvalue weighted by Crippen LogP contribution is -2.34. The van der Waals surface area contributed by atoms with Gasteiger partial charge in [0.05, 0.1) is 20.8 Å². The number of Topliss-reactive ketones (excluding diaryl/α,β-unsaturated/α-hetero) is 1. The SMILES string of the molecule is COc1ccc(C(=O)NC[C@H]2Cc3cc(-c4ccccc4C(C)=O)ccc3O2)c(OC)n1. The number of hydrogen-bond acceptors (Lipinski definition) is 6. The summed E-state index contributed by atoms with van der Waals surface area (Å²) >= 11 is 0. The molecule has 0 saturated heterocycles. The fourth-order valence-electron chi connectivity index (χ4n) is 3.81. The number of aromatic nitrogens is 1. The molecule has 0 radical (unpaired) electrons. The zero-order valence-corrected chi connectivity index (χ0v) is 18.2. The Kier molecular flexibility index (Phi) is 6.07. The van der Waals surface area contributed by atoms with Crippen LogP contribution in [0.5, 0.6) is 17.5 Å². The van der Waals surface area contributed by atoms with Gasteiger partial charge in [-0.25, -0.2) is 0 Å². The van der Waals surface area contributed by atoms with E-state index >= 15 is 0 Å². The molecule has 1 aromatic heterocycles. The summed E-state index contributed by atoms with van der Waals surface area (Å²) in [6.45, 7) is 1.91. The molecule has 0 fully saturated rings. The number of nitrogens with zero attached hydrogens (tertiary/aromatic N) is 1. The number of ketones is 1. The van der Waals surface area contributed by atoms with Gasteiger partial charge >= 0.3 is 0 Å². The Bertz CT molecular complexity index is 1170. The number of pyridine rings is 1. The quantitative estimate of drug-likeness (QED) is 0.573. The van der Waals surface area contributed by atoms with Crippen molar-refractivity contribution in [2.45, 2.75) is 19.4 Å². The van der Waals surface area contributed by atoms with Gasteiger partial charge < -0.3 is 19.5 Å². The van der Waals surface area contributed by atoms with Crippen LogP contribution in [0.1, 0.15) is 33.2 Å². The van der Waals surface area contributed by atoms with E-state index in [1.54, 1.807) is 19.1 Å². The van der Waals surface area contributed by atoms with Crippen molar-refractivity contribution in [3.8, 4) is 28.6 Å². The number of benzene rings is 2. The Hall–Kier alpha value is -3.87. The van der Waals surface area contributed by atoms with Crippen molar-refractivity contribution < 1.29 is 23.8 Å². The second-order valence-electron chi connectivity index (χ2n) is 7.49. The summed E-state index contributed by atoms with van der Waals surface area (Å²) in [5.41, 5.74) is 3.93.